The quantitative estimate of drug-likeness (QED) is 0.642. The van der Waals surface area contributed by atoms with Gasteiger partial charge in [-0.1, -0.05) is 60.7 Å². The standard InChI is InChI=1S/C18H17NO3/c20-15-11-16(13-7-3-1-4-8-13)18(19(21)22)17(12-15)14-9-5-2-6-10-14/h1-10,16-18H,11-12H2/t16-,17-/m1/s1. The summed E-state index contributed by atoms with van der Waals surface area (Å²) >= 11 is 0. The molecule has 22 heavy (non-hydrogen) atoms. The summed E-state index contributed by atoms with van der Waals surface area (Å²) in [4.78, 5) is 23.7. The molecule has 2 aromatic rings. The lowest BCUT2D eigenvalue weighted by atomic mass is 9.71. The molecule has 1 saturated carbocycles. The Morgan fingerprint density at radius 2 is 1.23 bits per heavy atom. The molecule has 3 rings (SSSR count). The Morgan fingerprint density at radius 3 is 1.59 bits per heavy atom. The van der Waals surface area contributed by atoms with Crippen LogP contribution in [0.5, 0.6) is 0 Å². The van der Waals surface area contributed by atoms with Gasteiger partial charge in [-0.3, -0.25) is 14.9 Å². The summed E-state index contributed by atoms with van der Waals surface area (Å²) in [6.45, 7) is 0. The predicted octanol–water partition coefficient (Wildman–Crippen LogP) is 3.56. The third kappa shape index (κ3) is 2.77. The Labute approximate surface area is 128 Å². The number of carbonyl (C=O) groups excluding carboxylic acids is 1. The van der Waals surface area contributed by atoms with Crippen LogP contribution in [-0.4, -0.2) is 16.7 Å². The van der Waals surface area contributed by atoms with Crippen LogP contribution in [-0.2, 0) is 4.79 Å². The number of nitrogens with zero attached hydrogens (tertiary/aromatic N) is 1. The lowest BCUT2D eigenvalue weighted by Gasteiger charge is -2.32. The molecule has 1 aliphatic rings. The van der Waals surface area contributed by atoms with Crippen molar-refractivity contribution in [3.63, 3.8) is 0 Å². The molecule has 0 saturated heterocycles. The van der Waals surface area contributed by atoms with Gasteiger partial charge in [-0.25, -0.2) is 0 Å². The monoisotopic (exact) mass is 295 g/mol. The molecular weight excluding hydrogens is 278 g/mol. The van der Waals surface area contributed by atoms with Gasteiger partial charge in [-0.2, -0.15) is 0 Å². The van der Waals surface area contributed by atoms with Crippen LogP contribution in [0.2, 0.25) is 0 Å². The van der Waals surface area contributed by atoms with Crippen molar-refractivity contribution in [1.82, 2.24) is 0 Å². The molecule has 0 N–H and O–H groups in total. The number of carbonyl (C=O) groups is 1. The summed E-state index contributed by atoms with van der Waals surface area (Å²) in [6, 6.07) is 18.0. The summed E-state index contributed by atoms with van der Waals surface area (Å²) in [6.07, 6.45) is 0.498. The van der Waals surface area contributed by atoms with Crippen molar-refractivity contribution in [3.05, 3.63) is 81.9 Å². The molecule has 4 nitrogen and oxygen atoms in total. The highest BCUT2D eigenvalue weighted by Gasteiger charge is 2.46. The predicted molar refractivity (Wildman–Crippen MR) is 83.4 cm³/mol. The summed E-state index contributed by atoms with van der Waals surface area (Å²) in [5.41, 5.74) is 1.75. The minimum atomic E-state index is -0.762. The second-order valence-electron chi connectivity index (χ2n) is 5.76. The van der Waals surface area contributed by atoms with Gasteiger partial charge in [0.2, 0.25) is 6.04 Å². The Hall–Kier alpha value is -2.49. The molecular formula is C18H17NO3. The maximum Gasteiger partial charge on any atom is 0.227 e. The molecule has 0 unspecified atom stereocenters. The molecule has 0 radical (unpaired) electrons. The molecule has 1 aliphatic carbocycles. The van der Waals surface area contributed by atoms with Crippen molar-refractivity contribution in [1.29, 1.82) is 0 Å². The molecule has 0 aromatic heterocycles. The summed E-state index contributed by atoms with van der Waals surface area (Å²) in [7, 11) is 0. The second kappa shape index (κ2) is 6.10. The molecule has 2 atom stereocenters. The first-order valence-corrected chi connectivity index (χ1v) is 7.42. The molecule has 4 heteroatoms. The van der Waals surface area contributed by atoms with Gasteiger partial charge in [-0.05, 0) is 11.1 Å². The number of ketones is 1. The van der Waals surface area contributed by atoms with Gasteiger partial charge in [0.1, 0.15) is 5.78 Å². The van der Waals surface area contributed by atoms with Crippen molar-refractivity contribution in [2.75, 3.05) is 0 Å². The Morgan fingerprint density at radius 1 is 0.818 bits per heavy atom. The molecule has 0 bridgehead atoms. The van der Waals surface area contributed by atoms with Crippen LogP contribution in [0.3, 0.4) is 0 Å². The SMILES string of the molecule is O=C1C[C@H](c2ccccc2)C([N+](=O)[O-])[C@@H](c2ccccc2)C1. The third-order valence-electron chi connectivity index (χ3n) is 4.42. The van der Waals surface area contributed by atoms with Crippen LogP contribution in [0.4, 0.5) is 0 Å². The first-order chi connectivity index (χ1) is 10.7. The average molecular weight is 295 g/mol. The summed E-state index contributed by atoms with van der Waals surface area (Å²) in [5, 5.41) is 11.7. The number of hydrogen-bond donors (Lipinski definition) is 0. The lowest BCUT2D eigenvalue weighted by Crippen LogP contribution is -2.40. The van der Waals surface area contributed by atoms with E-state index in [1.54, 1.807) is 0 Å². The van der Waals surface area contributed by atoms with E-state index in [9.17, 15) is 14.9 Å². The fourth-order valence-electron chi connectivity index (χ4n) is 3.42. The second-order valence-corrected chi connectivity index (χ2v) is 5.76. The first kappa shape index (κ1) is 14.4. The van der Waals surface area contributed by atoms with Gasteiger partial charge < -0.3 is 0 Å². The molecule has 1 fully saturated rings. The van der Waals surface area contributed by atoms with Crippen molar-refractivity contribution in [3.8, 4) is 0 Å². The van der Waals surface area contributed by atoms with E-state index in [0.29, 0.717) is 0 Å². The van der Waals surface area contributed by atoms with E-state index < -0.39 is 6.04 Å². The number of hydrogen-bond acceptors (Lipinski definition) is 3. The fraction of sp³-hybridized carbons (Fsp3) is 0.278. The van der Waals surface area contributed by atoms with Crippen LogP contribution in [0.15, 0.2) is 60.7 Å². The van der Waals surface area contributed by atoms with Gasteiger partial charge in [0, 0.05) is 17.8 Å². The van der Waals surface area contributed by atoms with Gasteiger partial charge in [0.15, 0.2) is 0 Å². The van der Waals surface area contributed by atoms with Crippen LogP contribution in [0.1, 0.15) is 35.8 Å². The van der Waals surface area contributed by atoms with Crippen LogP contribution >= 0.6 is 0 Å². The number of rotatable bonds is 3. The molecule has 0 heterocycles. The molecule has 0 aliphatic heterocycles. The van der Waals surface area contributed by atoms with Crippen molar-refractivity contribution in [2.45, 2.75) is 30.7 Å². The van der Waals surface area contributed by atoms with E-state index in [4.69, 9.17) is 0 Å². The number of benzene rings is 2. The first-order valence-electron chi connectivity index (χ1n) is 7.42. The zero-order valence-electron chi connectivity index (χ0n) is 12.1. The lowest BCUT2D eigenvalue weighted by molar-refractivity contribution is -0.532. The van der Waals surface area contributed by atoms with Crippen LogP contribution < -0.4 is 0 Å². The molecule has 0 spiro atoms. The third-order valence-corrected chi connectivity index (χ3v) is 4.42. The van der Waals surface area contributed by atoms with E-state index in [1.165, 1.54) is 0 Å². The molecule has 112 valence electrons. The largest absolute Gasteiger partial charge is 0.300 e. The van der Waals surface area contributed by atoms with Gasteiger partial charge in [0.25, 0.3) is 0 Å². The van der Waals surface area contributed by atoms with Crippen molar-refractivity contribution >= 4 is 5.78 Å². The highest BCUT2D eigenvalue weighted by molar-refractivity contribution is 5.81. The summed E-state index contributed by atoms with van der Waals surface area (Å²) in [5.74, 6) is -0.619. The van der Waals surface area contributed by atoms with Gasteiger partial charge in [-0.15, -0.1) is 0 Å². The number of nitro groups is 1. The van der Waals surface area contributed by atoms with E-state index in [-0.39, 0.29) is 35.4 Å². The zero-order valence-corrected chi connectivity index (χ0v) is 12.1. The summed E-state index contributed by atoms with van der Waals surface area (Å²) < 4.78 is 0. The maximum absolute atomic E-state index is 12.2. The molecule has 2 aromatic carbocycles. The Bertz CT molecular complexity index is 618. The topological polar surface area (TPSA) is 60.2 Å². The highest BCUT2D eigenvalue weighted by Crippen LogP contribution is 2.41. The highest BCUT2D eigenvalue weighted by atomic mass is 16.6. The van der Waals surface area contributed by atoms with E-state index in [1.807, 2.05) is 60.7 Å². The average Bonchev–Trinajstić information content (AvgIpc) is 2.55. The fourth-order valence-corrected chi connectivity index (χ4v) is 3.42. The Kier molecular flexibility index (Phi) is 4.00. The minimum absolute atomic E-state index is 0.0980. The van der Waals surface area contributed by atoms with Crippen molar-refractivity contribution in [2.24, 2.45) is 0 Å². The van der Waals surface area contributed by atoms with Crippen LogP contribution in [0, 0.1) is 10.1 Å². The zero-order chi connectivity index (χ0) is 15.5. The smallest absolute Gasteiger partial charge is 0.227 e. The normalized spacial score (nSPS) is 22.5. The maximum atomic E-state index is 12.2. The number of Topliss-reactive ketones (excluding diaryl/α,β-unsaturated/α-hetero) is 1. The van der Waals surface area contributed by atoms with Gasteiger partial charge in [0.05, 0.1) is 11.8 Å². The van der Waals surface area contributed by atoms with Gasteiger partial charge >= 0.3 is 0 Å². The van der Waals surface area contributed by atoms with E-state index in [2.05, 4.69) is 0 Å². The van der Waals surface area contributed by atoms with Crippen LogP contribution in [0.25, 0.3) is 0 Å². The van der Waals surface area contributed by atoms with E-state index in [0.717, 1.165) is 11.1 Å². The molecule has 0 amide bonds. The van der Waals surface area contributed by atoms with Crippen molar-refractivity contribution < 1.29 is 9.72 Å². The minimum Gasteiger partial charge on any atom is -0.300 e. The Balaban J connectivity index is 2.03. The van der Waals surface area contributed by atoms with E-state index >= 15 is 0 Å².